The van der Waals surface area contributed by atoms with E-state index in [0.29, 0.717) is 0 Å². The van der Waals surface area contributed by atoms with Crippen molar-refractivity contribution in [1.29, 1.82) is 0 Å². The summed E-state index contributed by atoms with van der Waals surface area (Å²) >= 11 is 0. The summed E-state index contributed by atoms with van der Waals surface area (Å²) in [6.07, 6.45) is 4.98. The molecule has 20 heavy (non-hydrogen) atoms. The maximum Gasteiger partial charge on any atom is 0.0860 e. The lowest BCUT2D eigenvalue weighted by Gasteiger charge is -2.15. The van der Waals surface area contributed by atoms with Crippen LogP contribution in [0.15, 0.2) is 52.7 Å². The SMILES string of the molecule is CNc1ccc(N=Nc2ccc3c(c2)CCCC3)cc1. The number of nitrogens with zero attached hydrogens (tertiary/aromatic N) is 2. The standard InChI is InChI=1S/C17H19N3/c1-18-15-8-10-16(11-9-15)19-20-17-7-6-13-4-2-3-5-14(13)12-17/h6-12,18H,2-5H2,1H3. The van der Waals surface area contributed by atoms with Crippen molar-refractivity contribution in [3.05, 3.63) is 53.6 Å². The van der Waals surface area contributed by atoms with Crippen LogP contribution in [0.1, 0.15) is 24.0 Å². The molecule has 0 saturated heterocycles. The van der Waals surface area contributed by atoms with Crippen LogP contribution in [0.2, 0.25) is 0 Å². The molecule has 1 aliphatic carbocycles. The average molecular weight is 265 g/mol. The van der Waals surface area contributed by atoms with Gasteiger partial charge in [0.1, 0.15) is 0 Å². The molecule has 3 rings (SSSR count). The summed E-state index contributed by atoms with van der Waals surface area (Å²) in [6, 6.07) is 14.4. The van der Waals surface area contributed by atoms with Crippen LogP contribution in [0.3, 0.4) is 0 Å². The number of benzene rings is 2. The van der Waals surface area contributed by atoms with Crippen molar-refractivity contribution in [2.75, 3.05) is 12.4 Å². The molecule has 0 radical (unpaired) electrons. The smallest absolute Gasteiger partial charge is 0.0860 e. The summed E-state index contributed by atoms with van der Waals surface area (Å²) in [5.74, 6) is 0. The third-order valence-corrected chi connectivity index (χ3v) is 3.77. The second-order valence-corrected chi connectivity index (χ2v) is 5.16. The van der Waals surface area contributed by atoms with E-state index in [4.69, 9.17) is 0 Å². The van der Waals surface area contributed by atoms with E-state index >= 15 is 0 Å². The van der Waals surface area contributed by atoms with Gasteiger partial charge in [-0.15, -0.1) is 0 Å². The molecule has 0 bridgehead atoms. The Hall–Kier alpha value is -2.16. The number of hydrogen-bond donors (Lipinski definition) is 1. The minimum absolute atomic E-state index is 0.877. The molecular weight excluding hydrogens is 246 g/mol. The Kier molecular flexibility index (Phi) is 3.77. The summed E-state index contributed by atoms with van der Waals surface area (Å²) in [7, 11) is 1.91. The van der Waals surface area contributed by atoms with Gasteiger partial charge in [-0.25, -0.2) is 0 Å². The molecule has 0 saturated carbocycles. The molecule has 102 valence electrons. The van der Waals surface area contributed by atoms with Crippen LogP contribution in [0.5, 0.6) is 0 Å². The van der Waals surface area contributed by atoms with Gasteiger partial charge in [0.05, 0.1) is 11.4 Å². The second kappa shape index (κ2) is 5.87. The first-order valence-electron chi connectivity index (χ1n) is 7.16. The van der Waals surface area contributed by atoms with E-state index in [1.165, 1.54) is 36.8 Å². The van der Waals surface area contributed by atoms with Gasteiger partial charge in [0.25, 0.3) is 0 Å². The van der Waals surface area contributed by atoms with Crippen molar-refractivity contribution >= 4 is 17.1 Å². The Labute approximate surface area is 119 Å². The molecule has 3 nitrogen and oxygen atoms in total. The van der Waals surface area contributed by atoms with Crippen LogP contribution in [0, 0.1) is 0 Å². The quantitative estimate of drug-likeness (QED) is 0.777. The maximum absolute atomic E-state index is 4.34. The monoisotopic (exact) mass is 265 g/mol. The van der Waals surface area contributed by atoms with Crippen LogP contribution in [-0.4, -0.2) is 7.05 Å². The van der Waals surface area contributed by atoms with Crippen molar-refractivity contribution in [3.8, 4) is 0 Å². The zero-order valence-electron chi connectivity index (χ0n) is 11.8. The van der Waals surface area contributed by atoms with E-state index < -0.39 is 0 Å². The molecule has 0 aromatic heterocycles. The summed E-state index contributed by atoms with van der Waals surface area (Å²) in [4.78, 5) is 0. The third-order valence-electron chi connectivity index (χ3n) is 3.77. The molecule has 2 aromatic rings. The number of azo groups is 1. The molecule has 0 atom stereocenters. The van der Waals surface area contributed by atoms with Crippen molar-refractivity contribution < 1.29 is 0 Å². The Morgan fingerprint density at radius 3 is 2.20 bits per heavy atom. The fourth-order valence-electron chi connectivity index (χ4n) is 2.59. The Balaban J connectivity index is 1.77. The normalized spacial score (nSPS) is 14.2. The number of fused-ring (bicyclic) bond motifs is 1. The summed E-state index contributed by atoms with van der Waals surface area (Å²) in [6.45, 7) is 0. The summed E-state index contributed by atoms with van der Waals surface area (Å²) in [5.41, 5.74) is 5.83. The second-order valence-electron chi connectivity index (χ2n) is 5.16. The van der Waals surface area contributed by atoms with Gasteiger partial charge in [-0.1, -0.05) is 6.07 Å². The van der Waals surface area contributed by atoms with E-state index in [2.05, 4.69) is 33.7 Å². The van der Waals surface area contributed by atoms with E-state index in [1.54, 1.807) is 0 Å². The first-order valence-corrected chi connectivity index (χ1v) is 7.16. The van der Waals surface area contributed by atoms with Gasteiger partial charge < -0.3 is 5.32 Å². The molecule has 0 heterocycles. The van der Waals surface area contributed by atoms with Crippen LogP contribution >= 0.6 is 0 Å². The maximum atomic E-state index is 4.34. The van der Waals surface area contributed by atoms with Crippen molar-refractivity contribution in [3.63, 3.8) is 0 Å². The summed E-state index contributed by atoms with van der Waals surface area (Å²) < 4.78 is 0. The van der Waals surface area contributed by atoms with Crippen molar-refractivity contribution in [1.82, 2.24) is 0 Å². The first kappa shape index (κ1) is 12.9. The van der Waals surface area contributed by atoms with Gasteiger partial charge in [0.15, 0.2) is 0 Å². The number of rotatable bonds is 3. The fraction of sp³-hybridized carbons (Fsp3) is 0.294. The Bertz CT molecular complexity index is 615. The molecule has 0 spiro atoms. The zero-order chi connectivity index (χ0) is 13.8. The zero-order valence-corrected chi connectivity index (χ0v) is 11.8. The van der Waals surface area contributed by atoms with E-state index in [9.17, 15) is 0 Å². The molecule has 1 N–H and O–H groups in total. The van der Waals surface area contributed by atoms with Gasteiger partial charge in [-0.05, 0) is 73.2 Å². The highest BCUT2D eigenvalue weighted by Gasteiger charge is 2.08. The highest BCUT2D eigenvalue weighted by Crippen LogP contribution is 2.27. The predicted molar refractivity (Wildman–Crippen MR) is 83.2 cm³/mol. The van der Waals surface area contributed by atoms with Gasteiger partial charge in [0.2, 0.25) is 0 Å². The lowest BCUT2D eigenvalue weighted by Crippen LogP contribution is -2.01. The molecular formula is C17H19N3. The number of hydrogen-bond acceptors (Lipinski definition) is 3. The van der Waals surface area contributed by atoms with Crippen molar-refractivity contribution in [2.24, 2.45) is 10.2 Å². The van der Waals surface area contributed by atoms with Crippen LogP contribution in [-0.2, 0) is 12.8 Å². The van der Waals surface area contributed by atoms with Gasteiger partial charge >= 0.3 is 0 Å². The van der Waals surface area contributed by atoms with Gasteiger partial charge in [-0.2, -0.15) is 10.2 Å². The minimum atomic E-state index is 0.877. The average Bonchev–Trinajstić information content (AvgIpc) is 2.53. The van der Waals surface area contributed by atoms with Gasteiger partial charge in [-0.3, -0.25) is 0 Å². The molecule has 3 heteroatoms. The molecule has 1 aliphatic rings. The highest BCUT2D eigenvalue weighted by atomic mass is 15.1. The van der Waals surface area contributed by atoms with Crippen LogP contribution in [0.4, 0.5) is 17.1 Å². The van der Waals surface area contributed by atoms with Crippen LogP contribution < -0.4 is 5.32 Å². The molecule has 0 aliphatic heterocycles. The molecule has 2 aromatic carbocycles. The highest BCUT2D eigenvalue weighted by molar-refractivity contribution is 5.51. The van der Waals surface area contributed by atoms with E-state index in [0.717, 1.165) is 17.1 Å². The third kappa shape index (κ3) is 2.87. The van der Waals surface area contributed by atoms with Crippen molar-refractivity contribution in [2.45, 2.75) is 25.7 Å². The molecule has 0 amide bonds. The number of aryl methyl sites for hydroxylation is 2. The Morgan fingerprint density at radius 1 is 0.800 bits per heavy atom. The van der Waals surface area contributed by atoms with Gasteiger partial charge in [0, 0.05) is 12.7 Å². The number of nitrogens with one attached hydrogen (secondary N) is 1. The van der Waals surface area contributed by atoms with Crippen LogP contribution in [0.25, 0.3) is 0 Å². The molecule has 0 fully saturated rings. The first-order chi connectivity index (χ1) is 9.85. The lowest BCUT2D eigenvalue weighted by molar-refractivity contribution is 0.685. The van der Waals surface area contributed by atoms with E-state index in [1.807, 2.05) is 31.3 Å². The van der Waals surface area contributed by atoms with E-state index in [-0.39, 0.29) is 0 Å². The fourth-order valence-corrected chi connectivity index (χ4v) is 2.59. The largest absolute Gasteiger partial charge is 0.388 e. The Morgan fingerprint density at radius 2 is 1.45 bits per heavy atom. The number of anilines is 1. The topological polar surface area (TPSA) is 36.8 Å². The summed E-state index contributed by atoms with van der Waals surface area (Å²) in [5, 5.41) is 11.7. The molecule has 0 unspecified atom stereocenters. The minimum Gasteiger partial charge on any atom is -0.388 e. The lowest BCUT2D eigenvalue weighted by atomic mass is 9.91. The predicted octanol–water partition coefficient (Wildman–Crippen LogP) is 5.02.